The van der Waals surface area contributed by atoms with Crippen LogP contribution in [0.15, 0.2) is 78.9 Å². The third-order valence-electron chi connectivity index (χ3n) is 6.93. The number of carboxylic acids is 1. The second-order valence-electron chi connectivity index (χ2n) is 10.2. The van der Waals surface area contributed by atoms with E-state index in [-0.39, 0.29) is 12.5 Å². The molecule has 0 spiro atoms. The molecule has 0 unspecified atom stereocenters. The van der Waals surface area contributed by atoms with Crippen molar-refractivity contribution in [2.24, 2.45) is 0 Å². The highest BCUT2D eigenvalue weighted by molar-refractivity contribution is 6.37. The quantitative estimate of drug-likeness (QED) is 0.130. The Hall–Kier alpha value is -4.13. The summed E-state index contributed by atoms with van der Waals surface area (Å²) >= 11 is 0. The van der Waals surface area contributed by atoms with E-state index in [1.165, 1.54) is 56.3 Å². The number of nitrogens with zero attached hydrogens (tertiary/aromatic N) is 1. The van der Waals surface area contributed by atoms with E-state index in [9.17, 15) is 19.5 Å². The van der Waals surface area contributed by atoms with Crippen molar-refractivity contribution in [1.29, 1.82) is 0 Å². The SMILES string of the molecule is CCCCCCCCCCCCNC(=O)c1ccc(CN(C(=O)C(=O)O)c2ccc(Oc3ccccc3)cc2)cc1. The van der Waals surface area contributed by atoms with Gasteiger partial charge in [0, 0.05) is 17.8 Å². The van der Waals surface area contributed by atoms with Crippen LogP contribution in [0.5, 0.6) is 11.5 Å². The molecule has 41 heavy (non-hydrogen) atoms. The number of anilines is 1. The summed E-state index contributed by atoms with van der Waals surface area (Å²) in [5.41, 5.74) is 1.66. The summed E-state index contributed by atoms with van der Waals surface area (Å²) in [4.78, 5) is 37.8. The highest BCUT2D eigenvalue weighted by atomic mass is 16.5. The lowest BCUT2D eigenvalue weighted by Gasteiger charge is -2.21. The van der Waals surface area contributed by atoms with Crippen molar-refractivity contribution in [2.75, 3.05) is 11.4 Å². The summed E-state index contributed by atoms with van der Waals surface area (Å²) in [6.07, 6.45) is 12.5. The van der Waals surface area contributed by atoms with Crippen molar-refractivity contribution >= 4 is 23.5 Å². The molecule has 7 heteroatoms. The molecule has 0 aromatic heterocycles. The number of benzene rings is 3. The molecule has 0 fully saturated rings. The maximum Gasteiger partial charge on any atom is 0.394 e. The number of ether oxygens (including phenoxy) is 1. The Morgan fingerprint density at radius 3 is 1.85 bits per heavy atom. The molecule has 2 N–H and O–H groups in total. The average Bonchev–Trinajstić information content (AvgIpc) is 2.99. The summed E-state index contributed by atoms with van der Waals surface area (Å²) in [5, 5.41) is 12.4. The topological polar surface area (TPSA) is 95.9 Å². The van der Waals surface area contributed by atoms with E-state index in [2.05, 4.69) is 12.2 Å². The van der Waals surface area contributed by atoms with Crippen LogP contribution in [0.1, 0.15) is 87.1 Å². The van der Waals surface area contributed by atoms with Gasteiger partial charge >= 0.3 is 11.9 Å². The number of rotatable bonds is 17. The number of hydrogen-bond acceptors (Lipinski definition) is 4. The van der Waals surface area contributed by atoms with Gasteiger partial charge in [-0.25, -0.2) is 4.79 Å². The molecule has 3 rings (SSSR count). The van der Waals surface area contributed by atoms with Gasteiger partial charge in [0.2, 0.25) is 0 Å². The average molecular weight is 559 g/mol. The van der Waals surface area contributed by atoms with Crippen molar-refractivity contribution in [3.05, 3.63) is 90.0 Å². The molecular weight excluding hydrogens is 516 g/mol. The fraction of sp³-hybridized carbons (Fsp3) is 0.382. The van der Waals surface area contributed by atoms with Crippen LogP contribution in [0.4, 0.5) is 5.69 Å². The number of carbonyl (C=O) groups excluding carboxylic acids is 2. The normalized spacial score (nSPS) is 10.7. The first-order valence-corrected chi connectivity index (χ1v) is 14.7. The zero-order valence-corrected chi connectivity index (χ0v) is 24.0. The second-order valence-corrected chi connectivity index (χ2v) is 10.2. The molecule has 0 heterocycles. The molecule has 2 amide bonds. The first-order chi connectivity index (χ1) is 20.0. The summed E-state index contributed by atoms with van der Waals surface area (Å²) < 4.78 is 5.79. The van der Waals surface area contributed by atoms with Gasteiger partial charge in [-0.3, -0.25) is 14.5 Å². The van der Waals surface area contributed by atoms with Gasteiger partial charge in [-0.1, -0.05) is 95.0 Å². The van der Waals surface area contributed by atoms with Gasteiger partial charge in [-0.15, -0.1) is 0 Å². The van der Waals surface area contributed by atoms with Gasteiger partial charge in [0.15, 0.2) is 0 Å². The van der Waals surface area contributed by atoms with Gasteiger partial charge < -0.3 is 15.2 Å². The van der Waals surface area contributed by atoms with Crippen molar-refractivity contribution in [1.82, 2.24) is 5.32 Å². The smallest absolute Gasteiger partial charge is 0.394 e. The van der Waals surface area contributed by atoms with Gasteiger partial charge in [-0.05, 0) is 60.5 Å². The molecule has 0 aliphatic heterocycles. The Kier molecular flexibility index (Phi) is 13.4. The molecular formula is C34H42N2O5. The molecule has 3 aromatic carbocycles. The van der Waals surface area contributed by atoms with Crippen LogP contribution in [0.2, 0.25) is 0 Å². The van der Waals surface area contributed by atoms with Crippen LogP contribution in [0.3, 0.4) is 0 Å². The van der Waals surface area contributed by atoms with E-state index in [0.29, 0.717) is 34.9 Å². The maximum absolute atomic E-state index is 12.6. The molecule has 0 saturated carbocycles. The Morgan fingerprint density at radius 1 is 0.707 bits per heavy atom. The van der Waals surface area contributed by atoms with Gasteiger partial charge in [0.05, 0.1) is 6.54 Å². The van der Waals surface area contributed by atoms with Crippen molar-refractivity contribution < 1.29 is 24.2 Å². The first kappa shape index (κ1) is 31.4. The standard InChI is InChI=1S/C34H42N2O5/c1-2-3-4-5-6-7-8-9-10-14-25-35-32(37)28-19-17-27(18-20-28)26-36(33(38)34(39)40)29-21-23-31(24-22-29)41-30-15-12-11-13-16-30/h11-13,15-24H,2-10,14,25-26H2,1H3,(H,35,37)(H,39,40). The van der Waals surface area contributed by atoms with Crippen molar-refractivity contribution in [3.8, 4) is 11.5 Å². The number of unbranched alkanes of at least 4 members (excludes halogenated alkanes) is 9. The van der Waals surface area contributed by atoms with Crippen molar-refractivity contribution in [3.63, 3.8) is 0 Å². The number of para-hydroxylation sites is 1. The number of nitrogens with one attached hydrogen (secondary N) is 1. The lowest BCUT2D eigenvalue weighted by atomic mass is 10.1. The minimum absolute atomic E-state index is 0.0462. The Morgan fingerprint density at radius 2 is 1.27 bits per heavy atom. The molecule has 3 aromatic rings. The third kappa shape index (κ3) is 11.1. The number of carbonyl (C=O) groups is 3. The van der Waals surface area contributed by atoms with Crippen LogP contribution in [-0.4, -0.2) is 29.4 Å². The van der Waals surface area contributed by atoms with E-state index in [4.69, 9.17) is 4.74 Å². The lowest BCUT2D eigenvalue weighted by Crippen LogP contribution is -2.36. The van der Waals surface area contributed by atoms with Crippen LogP contribution in [-0.2, 0) is 16.1 Å². The fourth-order valence-corrected chi connectivity index (χ4v) is 4.58. The Balaban J connectivity index is 1.47. The van der Waals surface area contributed by atoms with Gasteiger partial charge in [0.1, 0.15) is 11.5 Å². The predicted octanol–water partition coefficient (Wildman–Crippen LogP) is 7.75. The fourth-order valence-electron chi connectivity index (χ4n) is 4.58. The molecule has 7 nitrogen and oxygen atoms in total. The van der Waals surface area contributed by atoms with Crippen molar-refractivity contribution in [2.45, 2.75) is 77.7 Å². The summed E-state index contributed by atoms with van der Waals surface area (Å²) in [6, 6.07) is 22.8. The zero-order chi connectivity index (χ0) is 29.3. The molecule has 0 bridgehead atoms. The highest BCUT2D eigenvalue weighted by Crippen LogP contribution is 2.25. The van der Waals surface area contributed by atoms with Gasteiger partial charge in [0.25, 0.3) is 5.91 Å². The first-order valence-electron chi connectivity index (χ1n) is 14.7. The van der Waals surface area contributed by atoms with E-state index >= 15 is 0 Å². The van der Waals surface area contributed by atoms with E-state index in [0.717, 1.165) is 12.8 Å². The lowest BCUT2D eigenvalue weighted by molar-refractivity contribution is -0.148. The van der Waals surface area contributed by atoms with Crippen LogP contribution < -0.4 is 15.0 Å². The van der Waals surface area contributed by atoms with Crippen LogP contribution in [0, 0.1) is 0 Å². The number of hydrogen-bond donors (Lipinski definition) is 2. The van der Waals surface area contributed by atoms with E-state index < -0.39 is 11.9 Å². The predicted molar refractivity (Wildman–Crippen MR) is 162 cm³/mol. The summed E-state index contributed by atoms with van der Waals surface area (Å²) in [7, 11) is 0. The number of amides is 2. The zero-order valence-electron chi connectivity index (χ0n) is 24.0. The van der Waals surface area contributed by atoms with E-state index in [1.54, 1.807) is 48.5 Å². The molecule has 218 valence electrons. The maximum atomic E-state index is 12.6. The third-order valence-corrected chi connectivity index (χ3v) is 6.93. The molecule has 0 atom stereocenters. The Labute approximate surface area is 243 Å². The molecule has 0 aliphatic carbocycles. The van der Waals surface area contributed by atoms with Crippen LogP contribution in [0.25, 0.3) is 0 Å². The molecule has 0 aliphatic rings. The highest BCUT2D eigenvalue weighted by Gasteiger charge is 2.23. The largest absolute Gasteiger partial charge is 0.474 e. The second kappa shape index (κ2) is 17.5. The van der Waals surface area contributed by atoms with Gasteiger partial charge in [-0.2, -0.15) is 0 Å². The molecule has 0 saturated heterocycles. The summed E-state index contributed by atoms with van der Waals surface area (Å²) in [5.74, 6) is -1.49. The monoisotopic (exact) mass is 558 g/mol. The van der Waals surface area contributed by atoms with Crippen LogP contribution >= 0.6 is 0 Å². The van der Waals surface area contributed by atoms with E-state index in [1.807, 2.05) is 30.3 Å². The number of carboxylic acid groups (broad SMARTS) is 1. The molecule has 0 radical (unpaired) electrons. The minimum atomic E-state index is -1.54. The number of aliphatic carboxylic acids is 1. The summed E-state index contributed by atoms with van der Waals surface area (Å²) in [6.45, 7) is 2.92. The Bertz CT molecular complexity index is 1210. The minimum Gasteiger partial charge on any atom is -0.474 e.